The van der Waals surface area contributed by atoms with E-state index in [0.29, 0.717) is 34.4 Å². The molecule has 0 aliphatic carbocycles. The molecule has 0 fully saturated rings. The van der Waals surface area contributed by atoms with Crippen molar-refractivity contribution in [3.05, 3.63) is 74.9 Å². The molecule has 4 aromatic rings. The fourth-order valence-corrected chi connectivity index (χ4v) is 4.46. The van der Waals surface area contributed by atoms with Crippen LogP contribution in [-0.2, 0) is 25.4 Å². The van der Waals surface area contributed by atoms with E-state index < -0.39 is 11.2 Å². The van der Waals surface area contributed by atoms with Crippen LogP contribution in [0.2, 0.25) is 0 Å². The molecule has 0 aliphatic rings. The normalized spacial score (nSPS) is 11.0. The zero-order chi connectivity index (χ0) is 25.1. The summed E-state index contributed by atoms with van der Waals surface area (Å²) in [7, 11) is 6.07. The highest BCUT2D eigenvalue weighted by Gasteiger charge is 2.20. The van der Waals surface area contributed by atoms with Crippen LogP contribution >= 0.6 is 11.8 Å². The van der Waals surface area contributed by atoms with Crippen LogP contribution < -0.4 is 26.0 Å². The molecular formula is C24H25N5O5S. The number of nitrogens with one attached hydrogen (secondary N) is 1. The lowest BCUT2D eigenvalue weighted by Gasteiger charge is -2.12. The number of methoxy groups -OCH3 is 2. The standard InChI is InChI=1S/C24H25N5O5S/c1-27-21-20(22(31)28(2)24(27)32)29(13-15-8-6-5-7-9-15)23(26-21)35-14-19(30)25-17-11-10-16(33-3)12-18(17)34-4/h5-12H,13-14H2,1-4H3,(H,25,30). The Hall–Kier alpha value is -3.99. The molecule has 0 unspecified atom stereocenters. The number of amides is 1. The van der Waals surface area contributed by atoms with Crippen LogP contribution in [0.15, 0.2) is 63.3 Å². The maximum Gasteiger partial charge on any atom is 0.332 e. The van der Waals surface area contributed by atoms with Crippen LogP contribution in [0.5, 0.6) is 11.5 Å². The molecule has 182 valence electrons. The predicted octanol–water partition coefficient (Wildman–Crippen LogP) is 2.23. The molecule has 0 aliphatic heterocycles. The number of rotatable bonds is 8. The highest BCUT2D eigenvalue weighted by atomic mass is 32.2. The van der Waals surface area contributed by atoms with Crippen LogP contribution in [-0.4, -0.2) is 44.6 Å². The van der Waals surface area contributed by atoms with E-state index in [2.05, 4.69) is 10.3 Å². The Morgan fingerprint density at radius 3 is 2.46 bits per heavy atom. The molecule has 0 saturated carbocycles. The molecule has 0 saturated heterocycles. The van der Waals surface area contributed by atoms with Gasteiger partial charge in [0.25, 0.3) is 5.56 Å². The monoisotopic (exact) mass is 495 g/mol. The lowest BCUT2D eigenvalue weighted by molar-refractivity contribution is -0.113. The van der Waals surface area contributed by atoms with Crippen molar-refractivity contribution in [2.45, 2.75) is 11.7 Å². The van der Waals surface area contributed by atoms with Crippen molar-refractivity contribution in [3.8, 4) is 11.5 Å². The first-order chi connectivity index (χ1) is 16.8. The maximum absolute atomic E-state index is 13.0. The van der Waals surface area contributed by atoms with Crippen molar-refractivity contribution in [1.82, 2.24) is 18.7 Å². The number of hydrogen-bond donors (Lipinski definition) is 1. The smallest absolute Gasteiger partial charge is 0.332 e. The minimum atomic E-state index is -0.465. The number of fused-ring (bicyclic) bond motifs is 1. The summed E-state index contributed by atoms with van der Waals surface area (Å²) in [4.78, 5) is 42.8. The number of nitrogens with zero attached hydrogens (tertiary/aromatic N) is 4. The summed E-state index contributed by atoms with van der Waals surface area (Å²) < 4.78 is 14.7. The van der Waals surface area contributed by atoms with E-state index in [1.807, 2.05) is 30.3 Å². The third-order valence-corrected chi connectivity index (χ3v) is 6.49. The van der Waals surface area contributed by atoms with Crippen molar-refractivity contribution in [2.75, 3.05) is 25.3 Å². The summed E-state index contributed by atoms with van der Waals surface area (Å²) in [6, 6.07) is 14.7. The van der Waals surface area contributed by atoms with Gasteiger partial charge in [-0.1, -0.05) is 42.1 Å². The van der Waals surface area contributed by atoms with Crippen molar-refractivity contribution < 1.29 is 14.3 Å². The molecule has 1 N–H and O–H groups in total. The molecule has 2 aromatic heterocycles. The number of aryl methyl sites for hydroxylation is 1. The first-order valence-electron chi connectivity index (χ1n) is 10.7. The number of aromatic nitrogens is 4. The largest absolute Gasteiger partial charge is 0.497 e. The van der Waals surface area contributed by atoms with Crippen molar-refractivity contribution in [3.63, 3.8) is 0 Å². The van der Waals surface area contributed by atoms with Gasteiger partial charge in [0, 0.05) is 20.2 Å². The van der Waals surface area contributed by atoms with Gasteiger partial charge in [0.2, 0.25) is 5.91 Å². The van der Waals surface area contributed by atoms with Gasteiger partial charge in [-0.2, -0.15) is 0 Å². The number of anilines is 1. The van der Waals surface area contributed by atoms with Crippen molar-refractivity contribution >= 4 is 34.5 Å². The SMILES string of the molecule is COc1ccc(NC(=O)CSc2nc3c(c(=O)n(C)c(=O)n3C)n2Cc2ccccc2)c(OC)c1. The second kappa shape index (κ2) is 10.1. The fraction of sp³-hybridized carbons (Fsp3) is 0.250. The van der Waals surface area contributed by atoms with E-state index in [1.165, 1.54) is 30.5 Å². The van der Waals surface area contributed by atoms with E-state index in [1.54, 1.807) is 36.9 Å². The Kier molecular flexibility index (Phi) is 6.97. The third-order valence-electron chi connectivity index (χ3n) is 5.51. The van der Waals surface area contributed by atoms with Gasteiger partial charge < -0.3 is 19.4 Å². The summed E-state index contributed by atoms with van der Waals surface area (Å²) in [5.41, 5.74) is 1.13. The molecule has 4 rings (SSSR count). The lowest BCUT2D eigenvalue weighted by Crippen LogP contribution is -2.37. The zero-order valence-corrected chi connectivity index (χ0v) is 20.6. The van der Waals surface area contributed by atoms with Crippen molar-refractivity contribution in [2.24, 2.45) is 14.1 Å². The molecule has 1 amide bonds. The molecule has 0 spiro atoms. The first kappa shape index (κ1) is 24.1. The molecule has 0 bridgehead atoms. The van der Waals surface area contributed by atoms with Crippen LogP contribution in [0.25, 0.3) is 11.2 Å². The van der Waals surface area contributed by atoms with Gasteiger partial charge in [0.1, 0.15) is 11.5 Å². The molecule has 0 radical (unpaired) electrons. The van der Waals surface area contributed by atoms with E-state index in [4.69, 9.17) is 9.47 Å². The summed E-state index contributed by atoms with van der Waals surface area (Å²) in [5, 5.41) is 3.29. The molecule has 2 heterocycles. The summed E-state index contributed by atoms with van der Waals surface area (Å²) in [6.45, 7) is 0.362. The van der Waals surface area contributed by atoms with E-state index in [9.17, 15) is 14.4 Å². The average molecular weight is 496 g/mol. The molecule has 10 nitrogen and oxygen atoms in total. The number of hydrogen-bond acceptors (Lipinski definition) is 7. The Morgan fingerprint density at radius 2 is 1.77 bits per heavy atom. The van der Waals surface area contributed by atoms with Gasteiger partial charge >= 0.3 is 5.69 Å². The van der Waals surface area contributed by atoms with Crippen LogP contribution in [0.1, 0.15) is 5.56 Å². The van der Waals surface area contributed by atoms with E-state index in [0.717, 1.165) is 10.1 Å². The summed E-state index contributed by atoms with van der Waals surface area (Å²) >= 11 is 1.18. The minimum Gasteiger partial charge on any atom is -0.497 e. The van der Waals surface area contributed by atoms with E-state index in [-0.39, 0.29) is 17.3 Å². The van der Waals surface area contributed by atoms with E-state index >= 15 is 0 Å². The molecular weight excluding hydrogens is 470 g/mol. The van der Waals surface area contributed by atoms with Gasteiger partial charge in [-0.05, 0) is 17.7 Å². The number of ether oxygens (including phenoxy) is 2. The van der Waals surface area contributed by atoms with Gasteiger partial charge in [-0.15, -0.1) is 0 Å². The fourth-order valence-electron chi connectivity index (χ4n) is 3.67. The number of carbonyl (C=O) groups excluding carboxylic acids is 1. The number of carbonyl (C=O) groups is 1. The first-order valence-corrected chi connectivity index (χ1v) is 11.7. The molecule has 35 heavy (non-hydrogen) atoms. The van der Waals surface area contributed by atoms with Gasteiger partial charge in [-0.25, -0.2) is 9.78 Å². The second-order valence-corrected chi connectivity index (χ2v) is 8.69. The van der Waals surface area contributed by atoms with Gasteiger partial charge in [0.15, 0.2) is 16.3 Å². The topological polar surface area (TPSA) is 109 Å². The predicted molar refractivity (Wildman–Crippen MR) is 135 cm³/mol. The minimum absolute atomic E-state index is 0.0293. The van der Waals surface area contributed by atoms with Crippen molar-refractivity contribution in [1.29, 1.82) is 0 Å². The average Bonchev–Trinajstić information content (AvgIpc) is 3.23. The van der Waals surface area contributed by atoms with Gasteiger partial charge in [-0.3, -0.25) is 18.7 Å². The summed E-state index contributed by atoms with van der Waals surface area (Å²) in [5.74, 6) is 0.828. The maximum atomic E-state index is 13.0. The zero-order valence-electron chi connectivity index (χ0n) is 19.8. The Bertz CT molecular complexity index is 1510. The molecule has 2 aromatic carbocycles. The second-order valence-electron chi connectivity index (χ2n) is 7.75. The quantitative estimate of drug-likeness (QED) is 0.373. The van der Waals surface area contributed by atoms with Crippen LogP contribution in [0.4, 0.5) is 5.69 Å². The molecule has 0 atom stereocenters. The third kappa shape index (κ3) is 4.80. The Balaban J connectivity index is 1.66. The summed E-state index contributed by atoms with van der Waals surface area (Å²) in [6.07, 6.45) is 0. The van der Waals surface area contributed by atoms with Crippen LogP contribution in [0.3, 0.4) is 0 Å². The highest BCUT2D eigenvalue weighted by molar-refractivity contribution is 7.99. The Morgan fingerprint density at radius 1 is 1.03 bits per heavy atom. The lowest BCUT2D eigenvalue weighted by atomic mass is 10.2. The van der Waals surface area contributed by atoms with Gasteiger partial charge in [0.05, 0.1) is 32.2 Å². The number of benzene rings is 2. The van der Waals surface area contributed by atoms with Crippen LogP contribution in [0, 0.1) is 0 Å². The molecule has 11 heteroatoms. The highest BCUT2D eigenvalue weighted by Crippen LogP contribution is 2.29. The Labute approximate surface area is 205 Å². The number of thioether (sulfide) groups is 1. The number of imidazole rings is 1.